The van der Waals surface area contributed by atoms with Gasteiger partial charge in [-0.1, -0.05) is 11.8 Å². The highest BCUT2D eigenvalue weighted by molar-refractivity contribution is 7.14. The van der Waals surface area contributed by atoms with Crippen molar-refractivity contribution in [3.63, 3.8) is 0 Å². The molecule has 0 aromatic carbocycles. The fraction of sp³-hybridized carbons (Fsp3) is 0.385. The van der Waals surface area contributed by atoms with E-state index in [2.05, 4.69) is 17.2 Å². The van der Waals surface area contributed by atoms with Crippen molar-refractivity contribution in [3.8, 4) is 11.8 Å². The van der Waals surface area contributed by atoms with E-state index < -0.39 is 0 Å². The number of carbonyl (C=O) groups excluding carboxylic acids is 2. The molecule has 0 radical (unpaired) electrons. The summed E-state index contributed by atoms with van der Waals surface area (Å²) in [5, 5.41) is 2.58. The van der Waals surface area contributed by atoms with Gasteiger partial charge in [0.25, 0.3) is 5.91 Å². The van der Waals surface area contributed by atoms with Crippen LogP contribution in [0.1, 0.15) is 20.1 Å². The Morgan fingerprint density at radius 3 is 2.74 bits per heavy atom. The lowest BCUT2D eigenvalue weighted by Gasteiger charge is -2.10. The van der Waals surface area contributed by atoms with Crippen LogP contribution in [0.15, 0.2) is 6.07 Å². The predicted molar refractivity (Wildman–Crippen MR) is 76.0 cm³/mol. The first kappa shape index (κ1) is 15.2. The molecule has 1 aromatic heterocycles. The molecule has 3 N–H and O–H groups in total. The van der Waals surface area contributed by atoms with E-state index in [9.17, 15) is 9.59 Å². The molecule has 6 heteroatoms. The third-order valence-electron chi connectivity index (χ3n) is 2.34. The zero-order valence-electron chi connectivity index (χ0n) is 11.2. The van der Waals surface area contributed by atoms with Gasteiger partial charge in [0.1, 0.15) is 0 Å². The standard InChI is InChI=1S/C13H17N3O2S/c1-9-7-11(19-10(9)5-4-6-14)13(18)15-8-12(17)16(2)3/h7H,6,8,14H2,1-3H3,(H,15,18). The van der Waals surface area contributed by atoms with E-state index in [-0.39, 0.29) is 24.9 Å². The lowest BCUT2D eigenvalue weighted by molar-refractivity contribution is -0.127. The summed E-state index contributed by atoms with van der Waals surface area (Å²) in [6.07, 6.45) is 0. The Labute approximate surface area is 116 Å². The topological polar surface area (TPSA) is 75.4 Å². The molecule has 0 aliphatic rings. The summed E-state index contributed by atoms with van der Waals surface area (Å²) in [7, 11) is 3.29. The lowest BCUT2D eigenvalue weighted by Crippen LogP contribution is -2.35. The second kappa shape index (κ2) is 6.92. The normalized spacial score (nSPS) is 9.47. The molecule has 0 saturated heterocycles. The van der Waals surface area contributed by atoms with Gasteiger partial charge in [-0.05, 0) is 18.6 Å². The molecule has 0 aliphatic carbocycles. The Morgan fingerprint density at radius 1 is 1.47 bits per heavy atom. The number of likely N-dealkylation sites (N-methyl/N-ethyl adjacent to an activating group) is 1. The van der Waals surface area contributed by atoms with Crippen molar-refractivity contribution in [1.29, 1.82) is 0 Å². The van der Waals surface area contributed by atoms with E-state index in [0.29, 0.717) is 4.88 Å². The zero-order chi connectivity index (χ0) is 14.4. The van der Waals surface area contributed by atoms with E-state index in [1.54, 1.807) is 20.2 Å². The van der Waals surface area contributed by atoms with Gasteiger partial charge in [0.15, 0.2) is 0 Å². The third-order valence-corrected chi connectivity index (χ3v) is 3.50. The zero-order valence-corrected chi connectivity index (χ0v) is 12.1. The van der Waals surface area contributed by atoms with Crippen LogP contribution in [0.4, 0.5) is 0 Å². The summed E-state index contributed by atoms with van der Waals surface area (Å²) < 4.78 is 0. The maximum absolute atomic E-state index is 11.9. The number of nitrogens with zero attached hydrogens (tertiary/aromatic N) is 1. The Hall–Kier alpha value is -1.84. The SMILES string of the molecule is Cc1cc(C(=O)NCC(=O)N(C)C)sc1C#CCN. The maximum Gasteiger partial charge on any atom is 0.261 e. The first-order valence-electron chi connectivity index (χ1n) is 5.73. The molecular weight excluding hydrogens is 262 g/mol. The van der Waals surface area contributed by atoms with Gasteiger partial charge in [-0.2, -0.15) is 0 Å². The van der Waals surface area contributed by atoms with Gasteiger partial charge in [-0.25, -0.2) is 0 Å². The summed E-state index contributed by atoms with van der Waals surface area (Å²) in [6, 6.07) is 1.76. The van der Waals surface area contributed by atoms with Crippen molar-refractivity contribution in [2.45, 2.75) is 6.92 Å². The number of carbonyl (C=O) groups is 2. The number of aryl methyl sites for hydroxylation is 1. The van der Waals surface area contributed by atoms with E-state index >= 15 is 0 Å². The summed E-state index contributed by atoms with van der Waals surface area (Å²) in [5.74, 6) is 5.27. The van der Waals surface area contributed by atoms with E-state index in [1.165, 1.54) is 16.2 Å². The Bertz CT molecular complexity index is 538. The molecular formula is C13H17N3O2S. The van der Waals surface area contributed by atoms with Crippen LogP contribution in [-0.2, 0) is 4.79 Å². The minimum Gasteiger partial charge on any atom is -0.347 e. The van der Waals surface area contributed by atoms with Crippen molar-refractivity contribution in [3.05, 3.63) is 21.4 Å². The minimum atomic E-state index is -0.260. The van der Waals surface area contributed by atoms with Gasteiger partial charge in [0.05, 0.1) is 22.8 Å². The van der Waals surface area contributed by atoms with E-state index in [0.717, 1.165) is 10.4 Å². The Morgan fingerprint density at radius 2 is 2.16 bits per heavy atom. The number of thiophene rings is 1. The average Bonchev–Trinajstić information content (AvgIpc) is 2.74. The first-order valence-corrected chi connectivity index (χ1v) is 6.55. The van der Waals surface area contributed by atoms with Gasteiger partial charge < -0.3 is 16.0 Å². The largest absolute Gasteiger partial charge is 0.347 e. The van der Waals surface area contributed by atoms with Crippen LogP contribution in [0.5, 0.6) is 0 Å². The second-order valence-electron chi connectivity index (χ2n) is 4.10. The van der Waals surface area contributed by atoms with Crippen molar-refractivity contribution in [2.75, 3.05) is 27.2 Å². The van der Waals surface area contributed by atoms with Crippen molar-refractivity contribution in [2.24, 2.45) is 5.73 Å². The van der Waals surface area contributed by atoms with Gasteiger partial charge in [-0.15, -0.1) is 11.3 Å². The van der Waals surface area contributed by atoms with Crippen LogP contribution >= 0.6 is 11.3 Å². The van der Waals surface area contributed by atoms with Gasteiger partial charge in [0, 0.05) is 14.1 Å². The molecule has 0 spiro atoms. The van der Waals surface area contributed by atoms with Crippen molar-refractivity contribution < 1.29 is 9.59 Å². The van der Waals surface area contributed by atoms with Crippen LogP contribution in [0.2, 0.25) is 0 Å². The fourth-order valence-corrected chi connectivity index (χ4v) is 2.21. The fourth-order valence-electron chi connectivity index (χ4n) is 1.25. The molecule has 0 atom stereocenters. The van der Waals surface area contributed by atoms with Crippen LogP contribution in [-0.4, -0.2) is 43.9 Å². The van der Waals surface area contributed by atoms with Crippen molar-refractivity contribution in [1.82, 2.24) is 10.2 Å². The highest BCUT2D eigenvalue weighted by Gasteiger charge is 2.13. The van der Waals surface area contributed by atoms with Crippen LogP contribution in [0, 0.1) is 18.8 Å². The monoisotopic (exact) mass is 279 g/mol. The molecule has 1 heterocycles. The average molecular weight is 279 g/mol. The molecule has 0 aliphatic heterocycles. The number of nitrogens with one attached hydrogen (secondary N) is 1. The molecule has 2 amide bonds. The molecule has 0 fully saturated rings. The predicted octanol–water partition coefficient (Wildman–Crippen LogP) is 0.185. The Kier molecular flexibility index (Phi) is 5.55. The number of hydrogen-bond acceptors (Lipinski definition) is 4. The minimum absolute atomic E-state index is 0.00735. The first-order chi connectivity index (χ1) is 8.95. The quantitative estimate of drug-likeness (QED) is 0.775. The van der Waals surface area contributed by atoms with Crippen LogP contribution in [0.3, 0.4) is 0 Å². The summed E-state index contributed by atoms with van der Waals surface area (Å²) in [6.45, 7) is 2.17. The molecule has 0 bridgehead atoms. The highest BCUT2D eigenvalue weighted by atomic mass is 32.1. The van der Waals surface area contributed by atoms with Gasteiger partial charge in [-0.3, -0.25) is 9.59 Å². The lowest BCUT2D eigenvalue weighted by atomic mass is 10.2. The molecule has 0 saturated carbocycles. The third kappa shape index (κ3) is 4.39. The van der Waals surface area contributed by atoms with E-state index in [1.807, 2.05) is 6.92 Å². The van der Waals surface area contributed by atoms with Crippen molar-refractivity contribution >= 4 is 23.2 Å². The van der Waals surface area contributed by atoms with Gasteiger partial charge >= 0.3 is 0 Å². The second-order valence-corrected chi connectivity index (χ2v) is 5.15. The molecule has 0 unspecified atom stereocenters. The number of rotatable bonds is 3. The molecule has 1 aromatic rings. The molecule has 5 nitrogen and oxygen atoms in total. The summed E-state index contributed by atoms with van der Waals surface area (Å²) >= 11 is 1.30. The summed E-state index contributed by atoms with van der Waals surface area (Å²) in [5.41, 5.74) is 6.25. The van der Waals surface area contributed by atoms with E-state index in [4.69, 9.17) is 5.73 Å². The van der Waals surface area contributed by atoms with Crippen LogP contribution in [0.25, 0.3) is 0 Å². The van der Waals surface area contributed by atoms with Gasteiger partial charge in [0.2, 0.25) is 5.91 Å². The number of nitrogens with two attached hydrogens (primary N) is 1. The maximum atomic E-state index is 11.9. The molecule has 1 rings (SSSR count). The number of hydrogen-bond donors (Lipinski definition) is 2. The summed E-state index contributed by atoms with van der Waals surface area (Å²) in [4.78, 5) is 26.0. The highest BCUT2D eigenvalue weighted by Crippen LogP contribution is 2.20. The molecule has 102 valence electrons. The smallest absolute Gasteiger partial charge is 0.261 e. The molecule has 19 heavy (non-hydrogen) atoms. The number of amides is 2. The van der Waals surface area contributed by atoms with Crippen LogP contribution < -0.4 is 11.1 Å². The Balaban J connectivity index is 2.70.